The van der Waals surface area contributed by atoms with E-state index in [4.69, 9.17) is 27.8 Å². The Morgan fingerprint density at radius 3 is 2.86 bits per heavy atom. The summed E-state index contributed by atoms with van der Waals surface area (Å²) in [4.78, 5) is 19.0. The second-order valence-electron chi connectivity index (χ2n) is 4.70. The third-order valence-electron chi connectivity index (χ3n) is 3.23. The van der Waals surface area contributed by atoms with Gasteiger partial charge in [-0.3, -0.25) is 4.57 Å². The maximum absolute atomic E-state index is 11.9. The average molecular weight is 316 g/mol. The molecule has 1 saturated heterocycles. The van der Waals surface area contributed by atoms with E-state index >= 15 is 0 Å². The fourth-order valence-electron chi connectivity index (χ4n) is 2.16. The summed E-state index contributed by atoms with van der Waals surface area (Å²) >= 11 is 5.37. The number of nitrogen functional groups attached to an aromatic ring is 1. The summed E-state index contributed by atoms with van der Waals surface area (Å²) in [5.74, 6) is 2.19. The van der Waals surface area contributed by atoms with Crippen LogP contribution >= 0.6 is 11.6 Å². The number of halogens is 1. The van der Waals surface area contributed by atoms with Gasteiger partial charge in [-0.2, -0.15) is 4.98 Å². The molecule has 0 aromatic carbocycles. The van der Waals surface area contributed by atoms with Crippen molar-refractivity contribution in [1.82, 2.24) is 14.5 Å². The van der Waals surface area contributed by atoms with Crippen molar-refractivity contribution in [2.75, 3.05) is 5.73 Å². The molecule has 114 valence electrons. The van der Waals surface area contributed by atoms with Crippen LogP contribution in [0.3, 0.4) is 0 Å². The molecular formula is C11H14ClN5O4. The molecule has 6 N–H and O–H groups in total. The van der Waals surface area contributed by atoms with Crippen LogP contribution in [0.25, 0.3) is 0 Å². The van der Waals surface area contributed by atoms with E-state index in [2.05, 4.69) is 21.3 Å². The SMILES string of the molecule is C[C@H](O)[C@H]1O[C@@H](n2cnc(N)nc2=O)C(N)(C#CCl)[C@H]1O. The normalized spacial score (nSPS) is 33.3. The molecule has 0 amide bonds. The first-order valence-corrected chi connectivity index (χ1v) is 6.33. The first-order chi connectivity index (χ1) is 9.81. The number of hydrogen-bond acceptors (Lipinski definition) is 8. The minimum absolute atomic E-state index is 0.215. The fourth-order valence-corrected chi connectivity index (χ4v) is 2.32. The van der Waals surface area contributed by atoms with E-state index in [1.54, 1.807) is 0 Å². The van der Waals surface area contributed by atoms with Crippen molar-refractivity contribution < 1.29 is 14.9 Å². The number of rotatable bonds is 2. The minimum Gasteiger partial charge on any atom is -0.391 e. The number of aliphatic hydroxyl groups excluding tert-OH is 2. The third kappa shape index (κ3) is 2.59. The lowest BCUT2D eigenvalue weighted by Gasteiger charge is -2.27. The summed E-state index contributed by atoms with van der Waals surface area (Å²) in [6, 6.07) is 0. The van der Waals surface area contributed by atoms with Gasteiger partial charge in [0, 0.05) is 5.38 Å². The Kier molecular flexibility index (Phi) is 4.18. The Labute approximate surface area is 124 Å². The summed E-state index contributed by atoms with van der Waals surface area (Å²) in [7, 11) is 0. The lowest BCUT2D eigenvalue weighted by Crippen LogP contribution is -2.55. The summed E-state index contributed by atoms with van der Waals surface area (Å²) in [5.41, 5.74) is 8.85. The van der Waals surface area contributed by atoms with Gasteiger partial charge in [-0.15, -0.1) is 0 Å². The van der Waals surface area contributed by atoms with Crippen LogP contribution in [-0.2, 0) is 4.74 Å². The van der Waals surface area contributed by atoms with Gasteiger partial charge in [-0.1, -0.05) is 5.92 Å². The lowest BCUT2D eigenvalue weighted by atomic mass is 9.90. The molecule has 1 aromatic heterocycles. The lowest BCUT2D eigenvalue weighted by molar-refractivity contribution is -0.0781. The zero-order chi connectivity index (χ0) is 15.8. The van der Waals surface area contributed by atoms with Crippen molar-refractivity contribution in [2.24, 2.45) is 5.73 Å². The summed E-state index contributed by atoms with van der Waals surface area (Å²) in [5, 5.41) is 21.9. The highest BCUT2D eigenvalue weighted by atomic mass is 35.5. The molecule has 1 aliphatic rings. The predicted molar refractivity (Wildman–Crippen MR) is 72.8 cm³/mol. The van der Waals surface area contributed by atoms with Gasteiger partial charge < -0.3 is 26.4 Å². The molecule has 1 aromatic rings. The molecule has 21 heavy (non-hydrogen) atoms. The van der Waals surface area contributed by atoms with Crippen molar-refractivity contribution >= 4 is 17.5 Å². The van der Waals surface area contributed by atoms with E-state index in [1.165, 1.54) is 6.92 Å². The van der Waals surface area contributed by atoms with Crippen LogP contribution in [0.2, 0.25) is 0 Å². The molecule has 0 radical (unpaired) electrons. The number of anilines is 1. The van der Waals surface area contributed by atoms with E-state index in [9.17, 15) is 15.0 Å². The minimum atomic E-state index is -1.72. The highest BCUT2D eigenvalue weighted by molar-refractivity contribution is 6.30. The molecule has 10 heteroatoms. The standard InChI is InChI=1S/C11H14ClN5O4/c1-5(18)6-7(19)11(14,2-3-12)8(21-6)17-4-15-9(13)16-10(17)20/h4-8,18-19H,14H2,1H3,(H2,13,16,20)/t5-,6+,7-,8+,11?/m0/s1. The molecule has 5 atom stereocenters. The van der Waals surface area contributed by atoms with Crippen molar-refractivity contribution in [1.29, 1.82) is 0 Å². The van der Waals surface area contributed by atoms with Crippen molar-refractivity contribution in [3.8, 4) is 11.3 Å². The second-order valence-corrected chi connectivity index (χ2v) is 4.88. The first-order valence-electron chi connectivity index (χ1n) is 5.95. The predicted octanol–water partition coefficient (Wildman–Crippen LogP) is -2.24. The zero-order valence-electron chi connectivity index (χ0n) is 11.0. The van der Waals surface area contributed by atoms with Crippen LogP contribution in [0.15, 0.2) is 11.1 Å². The van der Waals surface area contributed by atoms with Gasteiger partial charge in [0.2, 0.25) is 5.95 Å². The molecule has 1 aliphatic heterocycles. The van der Waals surface area contributed by atoms with E-state index in [1.807, 2.05) is 0 Å². The molecule has 0 saturated carbocycles. The Morgan fingerprint density at radius 2 is 2.33 bits per heavy atom. The van der Waals surface area contributed by atoms with Crippen LogP contribution in [0, 0.1) is 11.3 Å². The average Bonchev–Trinajstić information content (AvgIpc) is 2.64. The summed E-state index contributed by atoms with van der Waals surface area (Å²) in [6.07, 6.45) is -3.63. The Bertz CT molecular complexity index is 654. The van der Waals surface area contributed by atoms with Crippen molar-refractivity contribution in [3.63, 3.8) is 0 Å². The number of hydrogen-bond donors (Lipinski definition) is 4. The van der Waals surface area contributed by atoms with Gasteiger partial charge in [0.25, 0.3) is 0 Å². The smallest absolute Gasteiger partial charge is 0.354 e. The number of nitrogens with two attached hydrogens (primary N) is 2. The zero-order valence-corrected chi connectivity index (χ0v) is 11.7. The monoisotopic (exact) mass is 315 g/mol. The van der Waals surface area contributed by atoms with Crippen molar-refractivity contribution in [2.45, 2.75) is 37.0 Å². The van der Waals surface area contributed by atoms with Gasteiger partial charge in [0.15, 0.2) is 11.8 Å². The maximum atomic E-state index is 11.9. The quantitative estimate of drug-likeness (QED) is 0.447. The third-order valence-corrected chi connectivity index (χ3v) is 3.33. The highest BCUT2D eigenvalue weighted by Gasteiger charge is 2.56. The Hall–Kier alpha value is -1.70. The molecule has 1 fully saturated rings. The highest BCUT2D eigenvalue weighted by Crippen LogP contribution is 2.36. The molecule has 2 heterocycles. The van der Waals surface area contributed by atoms with Gasteiger partial charge in [-0.05, 0) is 18.5 Å². The Balaban J connectivity index is 2.54. The van der Waals surface area contributed by atoms with Gasteiger partial charge in [0.1, 0.15) is 18.5 Å². The first kappa shape index (κ1) is 15.7. The van der Waals surface area contributed by atoms with Gasteiger partial charge in [0.05, 0.1) is 6.10 Å². The van der Waals surface area contributed by atoms with E-state index in [0.717, 1.165) is 10.9 Å². The van der Waals surface area contributed by atoms with Crippen molar-refractivity contribution in [3.05, 3.63) is 16.8 Å². The molecule has 9 nitrogen and oxygen atoms in total. The molecule has 0 bridgehead atoms. The molecule has 1 unspecified atom stereocenters. The summed E-state index contributed by atoms with van der Waals surface area (Å²) in [6.45, 7) is 1.41. The van der Waals surface area contributed by atoms with Gasteiger partial charge >= 0.3 is 5.69 Å². The molecule has 0 aliphatic carbocycles. The molecular weight excluding hydrogens is 302 g/mol. The number of nitrogens with zero attached hydrogens (tertiary/aromatic N) is 3. The van der Waals surface area contributed by atoms with Crippen LogP contribution in [0.4, 0.5) is 5.95 Å². The van der Waals surface area contributed by atoms with Crippen LogP contribution < -0.4 is 17.2 Å². The van der Waals surface area contributed by atoms with E-state index in [-0.39, 0.29) is 5.95 Å². The number of ether oxygens (including phenoxy) is 1. The van der Waals surface area contributed by atoms with Crippen LogP contribution in [0.1, 0.15) is 13.2 Å². The second kappa shape index (κ2) is 5.59. The Morgan fingerprint density at radius 1 is 1.67 bits per heavy atom. The maximum Gasteiger partial charge on any atom is 0.354 e. The molecule has 2 rings (SSSR count). The summed E-state index contributed by atoms with van der Waals surface area (Å²) < 4.78 is 6.40. The fraction of sp³-hybridized carbons (Fsp3) is 0.545. The molecule has 0 spiro atoms. The number of aliphatic hydroxyl groups is 2. The van der Waals surface area contributed by atoms with E-state index < -0.39 is 35.8 Å². The van der Waals surface area contributed by atoms with Crippen LogP contribution in [-0.4, -0.2) is 48.6 Å². The van der Waals surface area contributed by atoms with E-state index in [0.29, 0.717) is 0 Å². The largest absolute Gasteiger partial charge is 0.391 e. The topological polar surface area (TPSA) is 150 Å². The van der Waals surface area contributed by atoms with Gasteiger partial charge in [-0.25, -0.2) is 9.78 Å². The number of aromatic nitrogens is 3. The van der Waals surface area contributed by atoms with Crippen LogP contribution in [0.5, 0.6) is 0 Å².